The van der Waals surface area contributed by atoms with Crippen molar-refractivity contribution >= 4 is 16.9 Å². The number of amides is 1. The van der Waals surface area contributed by atoms with Crippen molar-refractivity contribution in [3.05, 3.63) is 77.9 Å². The number of hydrogen-bond donors (Lipinski definition) is 0. The van der Waals surface area contributed by atoms with Crippen LogP contribution in [0.2, 0.25) is 0 Å². The van der Waals surface area contributed by atoms with Gasteiger partial charge in [-0.05, 0) is 55.4 Å². The molecule has 7 heteroatoms. The van der Waals surface area contributed by atoms with Crippen molar-refractivity contribution in [2.75, 3.05) is 13.1 Å². The van der Waals surface area contributed by atoms with Gasteiger partial charge in [-0.2, -0.15) is 0 Å². The van der Waals surface area contributed by atoms with Gasteiger partial charge in [0.1, 0.15) is 18.0 Å². The number of likely N-dealkylation sites (tertiary alicyclic amines) is 1. The van der Waals surface area contributed by atoms with Crippen molar-refractivity contribution in [3.63, 3.8) is 0 Å². The Bertz CT molecular complexity index is 1280. The highest BCUT2D eigenvalue weighted by molar-refractivity contribution is 5.79. The Hall–Kier alpha value is -3.48. The molecule has 6 rings (SSSR count). The highest BCUT2D eigenvalue weighted by atomic mass is 16.2. The molecule has 33 heavy (non-hydrogen) atoms. The lowest BCUT2D eigenvalue weighted by Gasteiger charge is -2.35. The fourth-order valence-electron chi connectivity index (χ4n) is 5.49. The molecule has 168 valence electrons. The predicted molar refractivity (Wildman–Crippen MR) is 126 cm³/mol. The number of fused-ring (bicyclic) bond motifs is 2. The lowest BCUT2D eigenvalue weighted by molar-refractivity contribution is -0.137. The number of benzene rings is 2. The van der Waals surface area contributed by atoms with E-state index in [1.165, 1.54) is 11.1 Å². The summed E-state index contributed by atoms with van der Waals surface area (Å²) in [6.45, 7) is 2.21. The van der Waals surface area contributed by atoms with E-state index < -0.39 is 0 Å². The third kappa shape index (κ3) is 3.81. The maximum absolute atomic E-state index is 13.2. The third-order valence-electron chi connectivity index (χ3n) is 7.32. The summed E-state index contributed by atoms with van der Waals surface area (Å²) in [6, 6.07) is 16.6. The first-order chi connectivity index (χ1) is 16.3. The molecule has 1 amide bonds. The van der Waals surface area contributed by atoms with Crippen LogP contribution in [-0.4, -0.2) is 48.4 Å². The second-order valence-electron chi connectivity index (χ2n) is 9.28. The summed E-state index contributed by atoms with van der Waals surface area (Å²) < 4.78 is 4.08. The monoisotopic (exact) mass is 440 g/mol. The number of piperidine rings is 1. The number of rotatable bonds is 4. The van der Waals surface area contributed by atoms with Crippen molar-refractivity contribution in [3.8, 4) is 0 Å². The average Bonchev–Trinajstić information content (AvgIpc) is 3.51. The molecule has 0 radical (unpaired) electrons. The van der Waals surface area contributed by atoms with Gasteiger partial charge in [0, 0.05) is 37.3 Å². The largest absolute Gasteiger partial charge is 0.342 e. The molecule has 1 atom stereocenters. The number of aromatic nitrogens is 5. The van der Waals surface area contributed by atoms with E-state index in [1.54, 1.807) is 0 Å². The van der Waals surface area contributed by atoms with Crippen LogP contribution in [0.4, 0.5) is 0 Å². The summed E-state index contributed by atoms with van der Waals surface area (Å²) in [7, 11) is 0. The zero-order valence-electron chi connectivity index (χ0n) is 18.7. The normalized spacial score (nSPS) is 19.0. The number of imidazole rings is 1. The molecule has 3 heterocycles. The number of para-hydroxylation sites is 1. The molecular weight excluding hydrogens is 412 g/mol. The molecule has 1 fully saturated rings. The highest BCUT2D eigenvalue weighted by Gasteiger charge is 2.32. The van der Waals surface area contributed by atoms with Crippen LogP contribution in [0.25, 0.3) is 11.0 Å². The van der Waals surface area contributed by atoms with Gasteiger partial charge in [-0.1, -0.05) is 41.6 Å². The van der Waals surface area contributed by atoms with Gasteiger partial charge < -0.3 is 9.47 Å². The minimum Gasteiger partial charge on any atom is -0.342 e. The minimum atomic E-state index is 0.124. The molecule has 0 N–H and O–H groups in total. The van der Waals surface area contributed by atoms with Crippen LogP contribution < -0.4 is 0 Å². The van der Waals surface area contributed by atoms with Gasteiger partial charge in [0.2, 0.25) is 5.91 Å². The minimum absolute atomic E-state index is 0.124. The van der Waals surface area contributed by atoms with E-state index >= 15 is 0 Å². The van der Waals surface area contributed by atoms with Crippen LogP contribution in [0, 0.1) is 5.92 Å². The third-order valence-corrected chi connectivity index (χ3v) is 7.32. The standard InChI is InChI=1S/C26H28N6O/c33-26(22-10-9-19-5-1-2-6-21(19)17-22)30-14-11-20(12-15-30)25-27-13-16-31(25)18-32-24-8-4-3-7-23(24)28-29-32/h1-8,13,16,20,22H,9-12,14-15,17-18H2. The Kier molecular flexibility index (Phi) is 5.17. The molecule has 2 aliphatic rings. The second-order valence-corrected chi connectivity index (χ2v) is 9.28. The summed E-state index contributed by atoms with van der Waals surface area (Å²) in [5, 5.41) is 8.59. The molecule has 4 aromatic rings. The van der Waals surface area contributed by atoms with Gasteiger partial charge in [-0.25, -0.2) is 9.67 Å². The zero-order valence-corrected chi connectivity index (χ0v) is 18.7. The second kappa shape index (κ2) is 8.46. The molecule has 0 spiro atoms. The number of aryl methyl sites for hydroxylation is 1. The number of carbonyl (C=O) groups excluding carboxylic acids is 1. The maximum Gasteiger partial charge on any atom is 0.226 e. The molecule has 0 bridgehead atoms. The number of carbonyl (C=O) groups is 1. The number of hydrogen-bond acceptors (Lipinski definition) is 4. The van der Waals surface area contributed by atoms with Gasteiger partial charge in [0.25, 0.3) is 0 Å². The predicted octanol–water partition coefficient (Wildman–Crippen LogP) is 3.64. The van der Waals surface area contributed by atoms with Crippen molar-refractivity contribution in [1.29, 1.82) is 0 Å². The quantitative estimate of drug-likeness (QED) is 0.486. The summed E-state index contributed by atoms with van der Waals surface area (Å²) in [6.07, 6.45) is 8.64. The fraction of sp³-hybridized carbons (Fsp3) is 0.385. The lowest BCUT2D eigenvalue weighted by Crippen LogP contribution is -2.43. The number of nitrogens with zero attached hydrogens (tertiary/aromatic N) is 6. The Balaban J connectivity index is 1.11. The van der Waals surface area contributed by atoms with Crippen molar-refractivity contribution in [2.24, 2.45) is 5.92 Å². The molecule has 1 saturated heterocycles. The summed E-state index contributed by atoms with van der Waals surface area (Å²) in [4.78, 5) is 20.0. The molecule has 2 aromatic carbocycles. The highest BCUT2D eigenvalue weighted by Crippen LogP contribution is 2.31. The van der Waals surface area contributed by atoms with E-state index in [4.69, 9.17) is 0 Å². The first-order valence-corrected chi connectivity index (χ1v) is 11.9. The summed E-state index contributed by atoms with van der Waals surface area (Å²) in [5.74, 6) is 1.89. The molecular formula is C26H28N6O. The van der Waals surface area contributed by atoms with Crippen LogP contribution >= 0.6 is 0 Å². The van der Waals surface area contributed by atoms with Crippen LogP contribution in [0.5, 0.6) is 0 Å². The Morgan fingerprint density at radius 1 is 0.970 bits per heavy atom. The molecule has 0 saturated carbocycles. The van der Waals surface area contributed by atoms with Gasteiger partial charge in [-0.3, -0.25) is 4.79 Å². The summed E-state index contributed by atoms with van der Waals surface area (Å²) in [5.41, 5.74) is 4.68. The maximum atomic E-state index is 13.2. The van der Waals surface area contributed by atoms with Crippen molar-refractivity contribution in [1.82, 2.24) is 29.4 Å². The molecule has 1 unspecified atom stereocenters. The van der Waals surface area contributed by atoms with E-state index in [1.807, 2.05) is 41.3 Å². The molecule has 2 aromatic heterocycles. The van der Waals surface area contributed by atoms with Crippen LogP contribution in [0.15, 0.2) is 60.9 Å². The van der Waals surface area contributed by atoms with E-state index in [-0.39, 0.29) is 5.92 Å². The van der Waals surface area contributed by atoms with Crippen molar-refractivity contribution in [2.45, 2.75) is 44.7 Å². The fourth-order valence-corrected chi connectivity index (χ4v) is 5.49. The van der Waals surface area contributed by atoms with Gasteiger partial charge in [0.15, 0.2) is 0 Å². The molecule has 7 nitrogen and oxygen atoms in total. The van der Waals surface area contributed by atoms with Gasteiger partial charge in [0.05, 0.1) is 5.52 Å². The van der Waals surface area contributed by atoms with E-state index in [0.29, 0.717) is 18.5 Å². The Morgan fingerprint density at radius 3 is 2.64 bits per heavy atom. The molecule has 1 aliphatic heterocycles. The van der Waals surface area contributed by atoms with Crippen LogP contribution in [-0.2, 0) is 24.3 Å². The van der Waals surface area contributed by atoms with Crippen LogP contribution in [0.3, 0.4) is 0 Å². The van der Waals surface area contributed by atoms with Gasteiger partial charge in [-0.15, -0.1) is 5.10 Å². The smallest absolute Gasteiger partial charge is 0.226 e. The topological polar surface area (TPSA) is 68.8 Å². The van der Waals surface area contributed by atoms with Gasteiger partial charge >= 0.3 is 0 Å². The first-order valence-electron chi connectivity index (χ1n) is 11.9. The SMILES string of the molecule is O=C(C1CCc2ccccc2C1)N1CCC(c2nccn2Cn2nnc3ccccc32)CC1. The molecule has 1 aliphatic carbocycles. The lowest BCUT2D eigenvalue weighted by atomic mass is 9.82. The zero-order chi connectivity index (χ0) is 22.2. The first kappa shape index (κ1) is 20.1. The average molecular weight is 441 g/mol. The van der Waals surface area contributed by atoms with E-state index in [0.717, 1.165) is 62.1 Å². The van der Waals surface area contributed by atoms with E-state index in [9.17, 15) is 4.79 Å². The van der Waals surface area contributed by atoms with Crippen LogP contribution in [0.1, 0.15) is 42.1 Å². The Morgan fingerprint density at radius 2 is 1.76 bits per heavy atom. The van der Waals surface area contributed by atoms with Crippen molar-refractivity contribution < 1.29 is 4.79 Å². The van der Waals surface area contributed by atoms with E-state index in [2.05, 4.69) is 49.0 Å². The Labute approximate surface area is 193 Å². The summed E-state index contributed by atoms with van der Waals surface area (Å²) >= 11 is 0.